The van der Waals surface area contributed by atoms with Crippen LogP contribution in [-0.2, 0) is 0 Å². The maximum Gasteiger partial charge on any atom is 0.266 e. The first kappa shape index (κ1) is 14.2. The normalized spacial score (nSPS) is 11.0. The molecular weight excluding hydrogens is 304 g/mol. The molecule has 2 aromatic carbocycles. The molecule has 1 aromatic heterocycles. The van der Waals surface area contributed by atoms with Crippen LogP contribution in [0.15, 0.2) is 52.4 Å². The summed E-state index contributed by atoms with van der Waals surface area (Å²) in [6.45, 7) is 1.91. The molecule has 0 aliphatic rings. The van der Waals surface area contributed by atoms with Gasteiger partial charge in [-0.1, -0.05) is 41.6 Å². The van der Waals surface area contributed by atoms with E-state index in [4.69, 9.17) is 11.6 Å². The van der Waals surface area contributed by atoms with E-state index in [1.54, 1.807) is 10.6 Å². The Morgan fingerprint density at radius 1 is 1.14 bits per heavy atom. The first-order valence-electron chi connectivity index (χ1n) is 6.44. The van der Waals surface area contributed by atoms with Crippen molar-refractivity contribution < 1.29 is 0 Å². The molecule has 0 radical (unpaired) electrons. The highest BCUT2D eigenvalue weighted by Gasteiger charge is 2.14. The number of nitrogens with zero attached hydrogens (tertiary/aromatic N) is 2. The number of fused-ring (bicyclic) bond motifs is 1. The number of thioether (sulfide) groups is 1. The molecule has 0 saturated carbocycles. The zero-order valence-electron chi connectivity index (χ0n) is 11.6. The van der Waals surface area contributed by atoms with Crippen molar-refractivity contribution in [2.45, 2.75) is 12.1 Å². The lowest BCUT2D eigenvalue weighted by atomic mass is 10.2. The van der Waals surface area contributed by atoms with Crippen molar-refractivity contribution in [3.05, 3.63) is 63.4 Å². The molecule has 3 nitrogen and oxygen atoms in total. The third-order valence-electron chi connectivity index (χ3n) is 3.41. The van der Waals surface area contributed by atoms with Crippen LogP contribution in [0.25, 0.3) is 16.6 Å². The van der Waals surface area contributed by atoms with Crippen molar-refractivity contribution in [2.24, 2.45) is 0 Å². The van der Waals surface area contributed by atoms with Crippen molar-refractivity contribution in [3.8, 4) is 5.69 Å². The van der Waals surface area contributed by atoms with E-state index in [9.17, 15) is 4.79 Å². The largest absolute Gasteiger partial charge is 0.268 e. The zero-order valence-corrected chi connectivity index (χ0v) is 13.2. The number of rotatable bonds is 2. The minimum absolute atomic E-state index is 0.0738. The van der Waals surface area contributed by atoms with Gasteiger partial charge < -0.3 is 0 Å². The molecule has 3 rings (SSSR count). The van der Waals surface area contributed by atoms with Crippen molar-refractivity contribution in [1.82, 2.24) is 9.55 Å². The predicted molar refractivity (Wildman–Crippen MR) is 88.9 cm³/mol. The lowest BCUT2D eigenvalue weighted by Crippen LogP contribution is -2.22. The minimum atomic E-state index is -0.0738. The van der Waals surface area contributed by atoms with Crippen molar-refractivity contribution in [3.63, 3.8) is 0 Å². The average molecular weight is 317 g/mol. The van der Waals surface area contributed by atoms with Crippen LogP contribution in [0.2, 0.25) is 5.02 Å². The maximum atomic E-state index is 12.8. The van der Waals surface area contributed by atoms with Crippen molar-refractivity contribution in [2.75, 3.05) is 6.26 Å². The Balaban J connectivity index is 2.44. The molecule has 3 aromatic rings. The van der Waals surface area contributed by atoms with E-state index in [1.807, 2.05) is 49.6 Å². The molecule has 0 fully saturated rings. The second-order valence-electron chi connectivity index (χ2n) is 4.64. The summed E-state index contributed by atoms with van der Waals surface area (Å²) >= 11 is 7.63. The van der Waals surface area contributed by atoms with Gasteiger partial charge in [-0.2, -0.15) is 0 Å². The first-order chi connectivity index (χ1) is 10.1. The molecule has 0 atom stereocenters. The number of benzene rings is 2. The Morgan fingerprint density at radius 2 is 1.90 bits per heavy atom. The standard InChI is InChI=1S/C16H13ClN2OS/c1-10-12(17)7-5-9-14(10)19-15(20)11-6-3-4-8-13(11)18-16(19)21-2/h3-9H,1-2H3. The van der Waals surface area contributed by atoms with Gasteiger partial charge in [-0.3, -0.25) is 9.36 Å². The summed E-state index contributed by atoms with van der Waals surface area (Å²) in [6, 6.07) is 12.9. The maximum absolute atomic E-state index is 12.8. The predicted octanol–water partition coefficient (Wildman–Crippen LogP) is 4.07. The van der Waals surface area contributed by atoms with Gasteiger partial charge in [-0.25, -0.2) is 4.98 Å². The van der Waals surface area contributed by atoms with Crippen molar-refractivity contribution in [1.29, 1.82) is 0 Å². The highest BCUT2D eigenvalue weighted by Crippen LogP contribution is 2.25. The van der Waals surface area contributed by atoms with Crippen molar-refractivity contribution >= 4 is 34.3 Å². The fourth-order valence-electron chi connectivity index (χ4n) is 2.30. The van der Waals surface area contributed by atoms with E-state index in [0.29, 0.717) is 21.1 Å². The molecule has 0 amide bonds. The smallest absolute Gasteiger partial charge is 0.266 e. The lowest BCUT2D eigenvalue weighted by molar-refractivity contribution is 0.816. The Hall–Kier alpha value is -1.78. The van der Waals surface area contributed by atoms with Gasteiger partial charge in [0.05, 0.1) is 16.6 Å². The highest BCUT2D eigenvalue weighted by atomic mass is 35.5. The number of para-hydroxylation sites is 1. The molecule has 0 bridgehead atoms. The Bertz CT molecular complexity index is 889. The topological polar surface area (TPSA) is 34.9 Å². The monoisotopic (exact) mass is 316 g/mol. The Morgan fingerprint density at radius 3 is 2.67 bits per heavy atom. The van der Waals surface area contributed by atoms with Crippen LogP contribution in [0.1, 0.15) is 5.56 Å². The summed E-state index contributed by atoms with van der Waals surface area (Å²) in [6.07, 6.45) is 1.91. The molecule has 5 heteroatoms. The summed E-state index contributed by atoms with van der Waals surface area (Å²) in [7, 11) is 0. The molecule has 0 aliphatic carbocycles. The van der Waals surface area contributed by atoms with E-state index in [2.05, 4.69) is 4.98 Å². The summed E-state index contributed by atoms with van der Waals surface area (Å²) in [5, 5.41) is 1.90. The fraction of sp³-hybridized carbons (Fsp3) is 0.125. The van der Waals surface area contributed by atoms with Gasteiger partial charge in [-0.15, -0.1) is 0 Å². The first-order valence-corrected chi connectivity index (χ1v) is 8.05. The second-order valence-corrected chi connectivity index (χ2v) is 5.82. The van der Waals surface area contributed by atoms with Gasteiger partial charge >= 0.3 is 0 Å². The third kappa shape index (κ3) is 2.34. The SMILES string of the molecule is CSc1nc2ccccc2c(=O)n1-c1cccc(Cl)c1C. The summed E-state index contributed by atoms with van der Waals surface area (Å²) in [5.74, 6) is 0. The van der Waals surface area contributed by atoms with E-state index in [-0.39, 0.29) is 5.56 Å². The van der Waals surface area contributed by atoms with Crippen LogP contribution >= 0.6 is 23.4 Å². The van der Waals surface area contributed by atoms with E-state index < -0.39 is 0 Å². The Kier molecular flexibility index (Phi) is 3.74. The Labute approximate surface area is 131 Å². The fourth-order valence-corrected chi connectivity index (χ4v) is 3.02. The van der Waals surface area contributed by atoms with Crippen LogP contribution in [0.4, 0.5) is 0 Å². The molecule has 0 aliphatic heterocycles. The van der Waals surface area contributed by atoms with Gasteiger partial charge in [0.1, 0.15) is 0 Å². The molecule has 0 spiro atoms. The van der Waals surface area contributed by atoms with E-state index in [0.717, 1.165) is 11.3 Å². The average Bonchev–Trinajstić information content (AvgIpc) is 2.50. The minimum Gasteiger partial charge on any atom is -0.268 e. The molecule has 21 heavy (non-hydrogen) atoms. The summed E-state index contributed by atoms with van der Waals surface area (Å²) < 4.78 is 1.63. The summed E-state index contributed by atoms with van der Waals surface area (Å²) in [5.41, 5.74) is 2.28. The van der Waals surface area contributed by atoms with Crippen LogP contribution in [0, 0.1) is 6.92 Å². The van der Waals surface area contributed by atoms with E-state index in [1.165, 1.54) is 11.8 Å². The van der Waals surface area contributed by atoms with Crippen LogP contribution in [0.5, 0.6) is 0 Å². The third-order valence-corrected chi connectivity index (χ3v) is 4.46. The van der Waals surface area contributed by atoms with E-state index >= 15 is 0 Å². The van der Waals surface area contributed by atoms with Gasteiger partial charge in [0, 0.05) is 5.02 Å². The molecule has 1 heterocycles. The molecule has 106 valence electrons. The zero-order chi connectivity index (χ0) is 15.0. The van der Waals surface area contributed by atoms with Crippen LogP contribution in [-0.4, -0.2) is 15.8 Å². The quantitative estimate of drug-likeness (QED) is 0.528. The highest BCUT2D eigenvalue weighted by molar-refractivity contribution is 7.98. The molecular formula is C16H13ClN2OS. The summed E-state index contributed by atoms with van der Waals surface area (Å²) in [4.78, 5) is 17.4. The second kappa shape index (κ2) is 5.54. The number of hydrogen-bond donors (Lipinski definition) is 0. The number of aromatic nitrogens is 2. The number of hydrogen-bond acceptors (Lipinski definition) is 3. The molecule has 0 unspecified atom stereocenters. The molecule has 0 N–H and O–H groups in total. The van der Waals surface area contributed by atoms with Gasteiger partial charge in [0.25, 0.3) is 5.56 Å². The van der Waals surface area contributed by atoms with Gasteiger partial charge in [-0.05, 0) is 43.0 Å². The van der Waals surface area contributed by atoms with Crippen LogP contribution in [0.3, 0.4) is 0 Å². The van der Waals surface area contributed by atoms with Gasteiger partial charge in [0.15, 0.2) is 5.16 Å². The lowest BCUT2D eigenvalue weighted by Gasteiger charge is -2.14. The van der Waals surface area contributed by atoms with Gasteiger partial charge in [0.2, 0.25) is 0 Å². The van der Waals surface area contributed by atoms with Crippen LogP contribution < -0.4 is 5.56 Å². The molecule has 0 saturated heterocycles. The number of halogens is 1.